The Morgan fingerprint density at radius 2 is 2.00 bits per heavy atom. The number of hydrogen-bond donors (Lipinski definition) is 0. The number of fused-ring (bicyclic) bond motifs is 1. The predicted octanol–water partition coefficient (Wildman–Crippen LogP) is 4.55. The molecule has 0 radical (unpaired) electrons. The van der Waals surface area contributed by atoms with E-state index in [1.54, 1.807) is 0 Å². The first-order valence-corrected chi connectivity index (χ1v) is 11.0. The summed E-state index contributed by atoms with van der Waals surface area (Å²) in [4.78, 5) is 22.4. The first-order chi connectivity index (χ1) is 14.0. The van der Waals surface area contributed by atoms with Gasteiger partial charge in [-0.15, -0.1) is 0 Å². The normalized spacial score (nSPS) is 15.0. The zero-order valence-electron chi connectivity index (χ0n) is 16.7. The van der Waals surface area contributed by atoms with Gasteiger partial charge in [-0.3, -0.25) is 14.6 Å². The highest BCUT2D eigenvalue weighted by molar-refractivity contribution is 7.22. The van der Waals surface area contributed by atoms with Crippen molar-refractivity contribution in [3.63, 3.8) is 0 Å². The summed E-state index contributed by atoms with van der Waals surface area (Å²) >= 11 is 7.65. The SMILES string of the molecule is Cc1ccc(C)c(C(=O)N(CCN2CCOCC2)c2nc3ccc(Cl)cc3s2)c1. The van der Waals surface area contributed by atoms with Crippen LogP contribution in [0.15, 0.2) is 36.4 Å². The number of hydrogen-bond acceptors (Lipinski definition) is 5. The number of halogens is 1. The number of aryl methyl sites for hydroxylation is 2. The summed E-state index contributed by atoms with van der Waals surface area (Å²) in [5.74, 6) is -0.00962. The minimum absolute atomic E-state index is 0.00962. The zero-order chi connectivity index (χ0) is 20.4. The highest BCUT2D eigenvalue weighted by atomic mass is 35.5. The van der Waals surface area contributed by atoms with Gasteiger partial charge >= 0.3 is 0 Å². The molecule has 4 rings (SSSR count). The fourth-order valence-corrected chi connectivity index (χ4v) is 4.73. The number of ether oxygens (including phenoxy) is 1. The van der Waals surface area contributed by atoms with Crippen LogP contribution in [-0.4, -0.2) is 55.2 Å². The highest BCUT2D eigenvalue weighted by Crippen LogP contribution is 2.32. The monoisotopic (exact) mass is 429 g/mol. The molecule has 1 aromatic heterocycles. The van der Waals surface area contributed by atoms with Gasteiger partial charge in [0.15, 0.2) is 5.13 Å². The summed E-state index contributed by atoms with van der Waals surface area (Å²) < 4.78 is 6.43. The van der Waals surface area contributed by atoms with E-state index in [0.717, 1.165) is 59.8 Å². The van der Waals surface area contributed by atoms with Crippen molar-refractivity contribution < 1.29 is 9.53 Å². The average Bonchev–Trinajstić information content (AvgIpc) is 3.13. The smallest absolute Gasteiger partial charge is 0.260 e. The molecule has 1 amide bonds. The van der Waals surface area contributed by atoms with Gasteiger partial charge in [-0.25, -0.2) is 4.98 Å². The number of rotatable bonds is 5. The van der Waals surface area contributed by atoms with Crippen molar-refractivity contribution in [1.29, 1.82) is 0 Å². The summed E-state index contributed by atoms with van der Waals surface area (Å²) in [6.45, 7) is 8.62. The molecule has 1 aliphatic heterocycles. The molecule has 1 aliphatic rings. The molecule has 7 heteroatoms. The van der Waals surface area contributed by atoms with E-state index in [0.29, 0.717) is 16.7 Å². The van der Waals surface area contributed by atoms with Crippen molar-refractivity contribution in [3.8, 4) is 0 Å². The molecule has 1 fully saturated rings. The van der Waals surface area contributed by atoms with Crippen LogP contribution in [0.2, 0.25) is 5.02 Å². The number of amides is 1. The molecule has 0 spiro atoms. The van der Waals surface area contributed by atoms with Crippen LogP contribution in [0.25, 0.3) is 10.2 Å². The quantitative estimate of drug-likeness (QED) is 0.597. The Morgan fingerprint density at radius 1 is 1.21 bits per heavy atom. The maximum atomic E-state index is 13.6. The Bertz CT molecular complexity index is 1030. The highest BCUT2D eigenvalue weighted by Gasteiger charge is 2.24. The Hall–Kier alpha value is -1.99. The fourth-order valence-electron chi connectivity index (χ4n) is 3.46. The van der Waals surface area contributed by atoms with Crippen molar-refractivity contribution in [2.75, 3.05) is 44.3 Å². The lowest BCUT2D eigenvalue weighted by Crippen LogP contribution is -2.43. The number of aromatic nitrogens is 1. The second kappa shape index (κ2) is 8.79. The third-order valence-corrected chi connectivity index (χ3v) is 6.46. The lowest BCUT2D eigenvalue weighted by atomic mass is 10.0. The molecule has 3 aromatic rings. The van der Waals surface area contributed by atoms with E-state index in [9.17, 15) is 4.79 Å². The molecule has 5 nitrogen and oxygen atoms in total. The largest absolute Gasteiger partial charge is 0.379 e. The maximum absolute atomic E-state index is 13.6. The van der Waals surface area contributed by atoms with Crippen molar-refractivity contribution >= 4 is 44.2 Å². The number of nitrogens with zero attached hydrogens (tertiary/aromatic N) is 3. The van der Waals surface area contributed by atoms with Gasteiger partial charge in [0.1, 0.15) is 0 Å². The number of carbonyl (C=O) groups is 1. The molecule has 2 heterocycles. The van der Waals surface area contributed by atoms with Gasteiger partial charge in [-0.1, -0.05) is 40.6 Å². The van der Waals surface area contributed by atoms with Crippen LogP contribution in [0.3, 0.4) is 0 Å². The Balaban J connectivity index is 1.67. The van der Waals surface area contributed by atoms with Crippen LogP contribution in [-0.2, 0) is 4.74 Å². The van der Waals surface area contributed by atoms with E-state index in [1.807, 2.05) is 55.1 Å². The molecule has 0 N–H and O–H groups in total. The predicted molar refractivity (Wildman–Crippen MR) is 119 cm³/mol. The second-order valence-corrected chi connectivity index (χ2v) is 8.78. The number of carbonyl (C=O) groups excluding carboxylic acids is 1. The topological polar surface area (TPSA) is 45.7 Å². The van der Waals surface area contributed by atoms with Crippen LogP contribution in [0.5, 0.6) is 0 Å². The minimum atomic E-state index is -0.00962. The standard InChI is InChI=1S/C22H24ClN3O2S/c1-15-3-4-16(2)18(13-15)21(27)26(8-7-25-9-11-28-12-10-25)22-24-19-6-5-17(23)14-20(19)29-22/h3-6,13-14H,7-12H2,1-2H3. The molecular weight excluding hydrogens is 406 g/mol. The Labute approximate surface area is 179 Å². The molecule has 0 saturated carbocycles. The molecule has 0 unspecified atom stereocenters. The van der Waals surface area contributed by atoms with Crippen LogP contribution in [0, 0.1) is 13.8 Å². The van der Waals surface area contributed by atoms with E-state index in [2.05, 4.69) is 4.90 Å². The Kier molecular flexibility index (Phi) is 6.15. The van der Waals surface area contributed by atoms with Crippen molar-refractivity contribution in [3.05, 3.63) is 58.1 Å². The van der Waals surface area contributed by atoms with Gasteiger partial charge in [-0.05, 0) is 43.7 Å². The summed E-state index contributed by atoms with van der Waals surface area (Å²) in [7, 11) is 0. The molecule has 0 bridgehead atoms. The first-order valence-electron chi connectivity index (χ1n) is 9.76. The van der Waals surface area contributed by atoms with Gasteiger partial charge in [0, 0.05) is 36.8 Å². The van der Waals surface area contributed by atoms with Gasteiger partial charge in [0.05, 0.1) is 23.4 Å². The first kappa shape index (κ1) is 20.3. The zero-order valence-corrected chi connectivity index (χ0v) is 18.2. The number of morpholine rings is 1. The van der Waals surface area contributed by atoms with E-state index in [1.165, 1.54) is 11.3 Å². The molecule has 0 atom stereocenters. The van der Waals surface area contributed by atoms with Crippen LogP contribution in [0.4, 0.5) is 5.13 Å². The van der Waals surface area contributed by atoms with Gasteiger partial charge in [0.25, 0.3) is 5.91 Å². The van der Waals surface area contributed by atoms with E-state index >= 15 is 0 Å². The summed E-state index contributed by atoms with van der Waals surface area (Å²) in [6, 6.07) is 11.6. The van der Waals surface area contributed by atoms with E-state index < -0.39 is 0 Å². The van der Waals surface area contributed by atoms with Gasteiger partial charge in [-0.2, -0.15) is 0 Å². The average molecular weight is 430 g/mol. The third-order valence-electron chi connectivity index (χ3n) is 5.18. The number of thiazole rings is 1. The maximum Gasteiger partial charge on any atom is 0.260 e. The van der Waals surface area contributed by atoms with E-state index in [-0.39, 0.29) is 5.91 Å². The van der Waals surface area contributed by atoms with Gasteiger partial charge < -0.3 is 4.74 Å². The lowest BCUT2D eigenvalue weighted by molar-refractivity contribution is 0.0391. The van der Waals surface area contributed by atoms with Gasteiger partial charge in [0.2, 0.25) is 0 Å². The minimum Gasteiger partial charge on any atom is -0.379 e. The molecular formula is C22H24ClN3O2S. The van der Waals surface area contributed by atoms with Crippen LogP contribution < -0.4 is 4.90 Å². The molecule has 0 aliphatic carbocycles. The third kappa shape index (κ3) is 4.61. The Morgan fingerprint density at radius 3 is 2.79 bits per heavy atom. The van der Waals surface area contributed by atoms with Crippen molar-refractivity contribution in [1.82, 2.24) is 9.88 Å². The van der Waals surface area contributed by atoms with Crippen molar-refractivity contribution in [2.24, 2.45) is 0 Å². The molecule has 29 heavy (non-hydrogen) atoms. The van der Waals surface area contributed by atoms with E-state index in [4.69, 9.17) is 21.3 Å². The molecule has 1 saturated heterocycles. The lowest BCUT2D eigenvalue weighted by Gasteiger charge is -2.29. The second-order valence-electron chi connectivity index (χ2n) is 7.34. The van der Waals surface area contributed by atoms with Crippen LogP contribution in [0.1, 0.15) is 21.5 Å². The summed E-state index contributed by atoms with van der Waals surface area (Å²) in [5.41, 5.74) is 3.63. The van der Waals surface area contributed by atoms with Crippen molar-refractivity contribution in [2.45, 2.75) is 13.8 Å². The summed E-state index contributed by atoms with van der Waals surface area (Å²) in [6.07, 6.45) is 0. The number of anilines is 1. The fraction of sp³-hybridized carbons (Fsp3) is 0.364. The number of benzene rings is 2. The van der Waals surface area contributed by atoms with Crippen LogP contribution >= 0.6 is 22.9 Å². The summed E-state index contributed by atoms with van der Waals surface area (Å²) in [5, 5.41) is 1.38. The molecule has 152 valence electrons. The molecule has 2 aromatic carbocycles.